The molecule has 0 spiro atoms. The third-order valence-corrected chi connectivity index (χ3v) is 3.63. The van der Waals surface area contributed by atoms with Crippen LogP contribution in [0.4, 0.5) is 0 Å². The Hall–Kier alpha value is -2.77. The van der Waals surface area contributed by atoms with Gasteiger partial charge < -0.3 is 99.0 Å². The molecular weight excluding hydrogens is 1050 g/mol. The summed E-state index contributed by atoms with van der Waals surface area (Å²) in [6, 6.07) is 0. The van der Waals surface area contributed by atoms with Gasteiger partial charge in [-0.1, -0.05) is 107 Å². The van der Waals surface area contributed by atoms with Crippen molar-refractivity contribution in [1.29, 1.82) is 0 Å². The van der Waals surface area contributed by atoms with Gasteiger partial charge in [-0.05, 0) is 65.2 Å². The van der Waals surface area contributed by atoms with E-state index in [4.69, 9.17) is 19.8 Å². The summed E-state index contributed by atoms with van der Waals surface area (Å²) in [5, 5.41) is 93.7. The van der Waals surface area contributed by atoms with Gasteiger partial charge in [0.15, 0.2) is 0 Å². The first-order valence-electron chi connectivity index (χ1n) is 17.6. The van der Waals surface area contributed by atoms with Gasteiger partial charge in [0.2, 0.25) is 0 Å². The second kappa shape index (κ2) is 96.8. The molecule has 61 heavy (non-hydrogen) atoms. The number of rotatable bonds is 16. The maximum atomic E-state index is 9.49. The van der Waals surface area contributed by atoms with Crippen LogP contribution < -0.4 is 51.1 Å². The second-order valence-corrected chi connectivity index (χ2v) is 9.96. The Bertz CT molecular complexity index is 775. The minimum atomic E-state index is -1.08. The first kappa shape index (κ1) is 102. The SMILES string of the molecule is CC(=O)[O-].CC(=O)[O-].CCCC(=O)[O-].CCCC(=O)[O-].CCCC(=O)[O-].CCCC(=O)[O-].CCCC(=O)[O-].CCCC(=O)[O-].CCCC(=O)[O-].CCCC(=O)[O-].[Co+2].[Co+2].[Co+2].[Co+2].[Co+2]. The van der Waals surface area contributed by atoms with Crippen LogP contribution in [0.5, 0.6) is 0 Å². The predicted octanol–water partition coefficient (Wildman–Crippen LogP) is -6.21. The van der Waals surface area contributed by atoms with Gasteiger partial charge in [0.1, 0.15) is 0 Å². The smallest absolute Gasteiger partial charge is 0.550 e. The summed E-state index contributed by atoms with van der Waals surface area (Å²) in [6.45, 7) is 16.4. The van der Waals surface area contributed by atoms with Crippen molar-refractivity contribution < 1.29 is 183 Å². The van der Waals surface area contributed by atoms with E-state index < -0.39 is 59.7 Å². The Morgan fingerprint density at radius 1 is 0.230 bits per heavy atom. The molecule has 20 nitrogen and oxygen atoms in total. The summed E-state index contributed by atoms with van der Waals surface area (Å²) >= 11 is 0. The van der Waals surface area contributed by atoms with Crippen LogP contribution in [0.1, 0.15) is 172 Å². The molecule has 0 amide bonds. The Morgan fingerprint density at radius 2 is 0.279 bits per heavy atom. The van der Waals surface area contributed by atoms with Crippen molar-refractivity contribution in [2.24, 2.45) is 0 Å². The fourth-order valence-electron chi connectivity index (χ4n) is 1.63. The van der Waals surface area contributed by atoms with Crippen LogP contribution in [0.3, 0.4) is 0 Å². The summed E-state index contributed by atoms with van der Waals surface area (Å²) < 4.78 is 0. The molecule has 0 aliphatic rings. The summed E-state index contributed by atoms with van der Waals surface area (Å²) in [4.78, 5) is 93.7. The van der Waals surface area contributed by atoms with Gasteiger partial charge in [-0.25, -0.2) is 0 Å². The first-order valence-corrected chi connectivity index (χ1v) is 17.6. The van der Waals surface area contributed by atoms with Gasteiger partial charge in [0.05, 0.1) is 0 Å². The Kier molecular flexibility index (Phi) is 162. The van der Waals surface area contributed by atoms with Crippen molar-refractivity contribution in [2.45, 2.75) is 172 Å². The van der Waals surface area contributed by atoms with Crippen molar-refractivity contribution >= 4 is 59.7 Å². The molecule has 0 bridgehead atoms. The fraction of sp³-hybridized carbons (Fsp3) is 0.722. The average Bonchev–Trinajstić information content (AvgIpc) is 2.98. The predicted molar refractivity (Wildman–Crippen MR) is 181 cm³/mol. The molecule has 0 aromatic heterocycles. The van der Waals surface area contributed by atoms with Crippen LogP contribution in [0.25, 0.3) is 0 Å². The van der Waals surface area contributed by atoms with E-state index in [1.54, 1.807) is 55.4 Å². The minimum Gasteiger partial charge on any atom is -0.550 e. The van der Waals surface area contributed by atoms with Gasteiger partial charge in [0, 0.05) is 59.7 Å². The third kappa shape index (κ3) is 387. The zero-order valence-electron chi connectivity index (χ0n) is 36.1. The third-order valence-electron chi connectivity index (χ3n) is 3.63. The van der Waals surface area contributed by atoms with E-state index in [2.05, 4.69) is 0 Å². The number of aliphatic carboxylic acids is 10. The second-order valence-electron chi connectivity index (χ2n) is 9.96. The molecular formula is C36H62Co5O20. The van der Waals surface area contributed by atoms with E-state index >= 15 is 0 Å². The van der Waals surface area contributed by atoms with Crippen molar-refractivity contribution in [2.75, 3.05) is 0 Å². The molecule has 0 atom stereocenters. The van der Waals surface area contributed by atoms with Gasteiger partial charge in [-0.3, -0.25) is 0 Å². The molecule has 0 saturated carbocycles. The van der Waals surface area contributed by atoms with E-state index in [1.165, 1.54) is 0 Å². The Balaban J connectivity index is -0.0000000295. The summed E-state index contributed by atoms with van der Waals surface area (Å²) in [7, 11) is 0. The number of carbonyl (C=O) groups excluding carboxylic acids is 10. The van der Waals surface area contributed by atoms with Gasteiger partial charge in [-0.15, -0.1) is 0 Å². The summed E-state index contributed by atoms with van der Waals surface area (Å²) in [5.74, 6) is -9.85. The molecule has 0 rings (SSSR count). The normalized spacial score (nSPS) is 7.25. The van der Waals surface area contributed by atoms with Gasteiger partial charge >= 0.3 is 83.9 Å². The van der Waals surface area contributed by atoms with E-state index in [0.29, 0.717) is 51.4 Å². The molecule has 0 fully saturated rings. The molecule has 25 heteroatoms. The van der Waals surface area contributed by atoms with Crippen LogP contribution in [0, 0.1) is 0 Å². The fourth-order valence-corrected chi connectivity index (χ4v) is 1.63. The molecule has 0 aliphatic heterocycles. The molecule has 0 N–H and O–H groups in total. The number of hydrogen-bond donors (Lipinski definition) is 0. The van der Waals surface area contributed by atoms with Crippen LogP contribution >= 0.6 is 0 Å². The molecule has 0 aliphatic carbocycles. The number of carboxylic acids is 10. The Morgan fingerprint density at radius 3 is 0.279 bits per heavy atom. The minimum absolute atomic E-state index is 0. The standard InChI is InChI=1S/8C4H8O2.2C2H4O2.5Co/c8*1-2-3-4(5)6;2*1-2(3)4;;;;;/h8*2-3H2,1H3,(H,5,6);2*1H3,(H,3,4);;;;;/q;;;;;;;;;;5*+2/p-10. The molecule has 0 heterocycles. The quantitative estimate of drug-likeness (QED) is 0.139. The molecule has 5 radical (unpaired) electrons. The van der Waals surface area contributed by atoms with E-state index in [1.807, 2.05) is 0 Å². The number of carbonyl (C=O) groups is 10. The van der Waals surface area contributed by atoms with E-state index in [0.717, 1.165) is 13.8 Å². The number of carboxylic acid groups (broad SMARTS) is 10. The van der Waals surface area contributed by atoms with Crippen LogP contribution in [-0.4, -0.2) is 59.7 Å². The van der Waals surface area contributed by atoms with Crippen molar-refractivity contribution in [1.82, 2.24) is 0 Å². The zero-order valence-corrected chi connectivity index (χ0v) is 41.4. The van der Waals surface area contributed by atoms with Crippen LogP contribution in [0.15, 0.2) is 0 Å². The average molecular weight is 1110 g/mol. The molecule has 0 saturated heterocycles. The van der Waals surface area contributed by atoms with Crippen molar-refractivity contribution in [3.05, 3.63) is 0 Å². The van der Waals surface area contributed by atoms with E-state index in [9.17, 15) is 79.2 Å². The van der Waals surface area contributed by atoms with Crippen molar-refractivity contribution in [3.8, 4) is 0 Å². The first-order chi connectivity index (χ1) is 25.6. The molecule has 0 unspecified atom stereocenters. The monoisotopic (exact) mass is 1110 g/mol. The topological polar surface area (TPSA) is 401 Å². The molecule has 0 aromatic rings. The van der Waals surface area contributed by atoms with Gasteiger partial charge in [0.25, 0.3) is 0 Å². The maximum Gasteiger partial charge on any atom is 2.00 e. The maximum absolute atomic E-state index is 9.49. The zero-order chi connectivity index (χ0) is 47.1. The summed E-state index contributed by atoms with van der Waals surface area (Å²) in [6.07, 6.45) is 6.80. The molecule has 371 valence electrons. The largest absolute Gasteiger partial charge is 2.00 e. The molecule has 0 aromatic carbocycles. The Labute approximate surface area is 412 Å². The number of hydrogen-bond acceptors (Lipinski definition) is 20. The van der Waals surface area contributed by atoms with Crippen LogP contribution in [-0.2, 0) is 132 Å². The summed E-state index contributed by atoms with van der Waals surface area (Å²) in [5.41, 5.74) is 0. The van der Waals surface area contributed by atoms with E-state index in [-0.39, 0.29) is 135 Å². The van der Waals surface area contributed by atoms with Crippen molar-refractivity contribution in [3.63, 3.8) is 0 Å². The van der Waals surface area contributed by atoms with Gasteiger partial charge in [-0.2, -0.15) is 0 Å². The van der Waals surface area contributed by atoms with Crippen LogP contribution in [0.2, 0.25) is 0 Å².